The van der Waals surface area contributed by atoms with E-state index < -0.39 is 42.0 Å². The normalized spacial score (nSPS) is 14.1. The molecule has 3 atom stereocenters. The lowest BCUT2D eigenvalue weighted by atomic mass is 9.98. The molecule has 9 nitrogen and oxygen atoms in total. The number of carbonyl (C=O) groups is 4. The first kappa shape index (κ1) is 34.2. The van der Waals surface area contributed by atoms with Gasteiger partial charge in [0.25, 0.3) is 0 Å². The fourth-order valence-corrected chi connectivity index (χ4v) is 5.76. The van der Waals surface area contributed by atoms with Crippen LogP contribution in [0.1, 0.15) is 63.6 Å². The Hall–Kier alpha value is -4.66. The van der Waals surface area contributed by atoms with Crippen LogP contribution in [-0.4, -0.2) is 60.6 Å². The summed E-state index contributed by atoms with van der Waals surface area (Å²) in [6.07, 6.45) is -0.350. The van der Waals surface area contributed by atoms with Crippen LogP contribution in [0.25, 0.3) is 11.1 Å². The fourth-order valence-electron chi connectivity index (χ4n) is 5.76. The molecule has 0 heterocycles. The average molecular weight is 628 g/mol. The summed E-state index contributed by atoms with van der Waals surface area (Å²) in [7, 11) is 1.54. The van der Waals surface area contributed by atoms with Gasteiger partial charge in [0.05, 0.1) is 0 Å². The van der Waals surface area contributed by atoms with Crippen molar-refractivity contribution in [3.8, 4) is 11.1 Å². The number of alkyl carbamates (subject to hydrolysis) is 1. The van der Waals surface area contributed by atoms with Crippen LogP contribution in [0.4, 0.5) is 4.79 Å². The maximum atomic E-state index is 13.8. The van der Waals surface area contributed by atoms with Gasteiger partial charge in [-0.15, -0.1) is 0 Å². The first-order valence-corrected chi connectivity index (χ1v) is 15.9. The Kier molecular flexibility index (Phi) is 11.6. The summed E-state index contributed by atoms with van der Waals surface area (Å²) < 4.78 is 11.1. The lowest BCUT2D eigenvalue weighted by Gasteiger charge is -2.33. The van der Waals surface area contributed by atoms with Crippen molar-refractivity contribution in [2.24, 2.45) is 11.8 Å². The molecule has 0 saturated carbocycles. The molecule has 1 aliphatic carbocycles. The number of benzene rings is 3. The van der Waals surface area contributed by atoms with Crippen molar-refractivity contribution in [2.75, 3.05) is 13.7 Å². The first-order valence-electron chi connectivity index (χ1n) is 15.9. The maximum absolute atomic E-state index is 13.8. The van der Waals surface area contributed by atoms with E-state index in [0.717, 1.165) is 27.8 Å². The summed E-state index contributed by atoms with van der Waals surface area (Å²) in [5.74, 6) is -1.81. The number of likely N-dealkylation sites (N-methyl/N-ethyl adjacent to an activating group) is 1. The molecule has 3 amide bonds. The first-order chi connectivity index (χ1) is 22.0. The Labute approximate surface area is 271 Å². The van der Waals surface area contributed by atoms with E-state index in [1.165, 1.54) is 4.90 Å². The topological polar surface area (TPSA) is 114 Å². The highest BCUT2D eigenvalue weighted by molar-refractivity contribution is 5.93. The van der Waals surface area contributed by atoms with Crippen molar-refractivity contribution < 1.29 is 28.7 Å². The zero-order valence-electron chi connectivity index (χ0n) is 27.5. The van der Waals surface area contributed by atoms with Crippen LogP contribution in [0.3, 0.4) is 0 Å². The number of ether oxygens (including phenoxy) is 2. The van der Waals surface area contributed by atoms with E-state index in [4.69, 9.17) is 9.47 Å². The van der Waals surface area contributed by atoms with Crippen LogP contribution in [0.5, 0.6) is 0 Å². The van der Waals surface area contributed by atoms with E-state index in [1.807, 2.05) is 94.4 Å². The minimum Gasteiger partial charge on any atom is -0.459 e. The van der Waals surface area contributed by atoms with Gasteiger partial charge in [-0.05, 0) is 53.0 Å². The van der Waals surface area contributed by atoms with Crippen molar-refractivity contribution in [3.63, 3.8) is 0 Å². The Morgan fingerprint density at radius 3 is 1.89 bits per heavy atom. The summed E-state index contributed by atoms with van der Waals surface area (Å²) in [6.45, 7) is 9.30. The molecule has 46 heavy (non-hydrogen) atoms. The number of rotatable bonds is 13. The summed E-state index contributed by atoms with van der Waals surface area (Å²) in [6, 6.07) is 22.7. The summed E-state index contributed by atoms with van der Waals surface area (Å²) in [4.78, 5) is 54.3. The second-order valence-corrected chi connectivity index (χ2v) is 12.6. The molecule has 4 rings (SSSR count). The van der Waals surface area contributed by atoms with Crippen LogP contribution >= 0.6 is 0 Å². The van der Waals surface area contributed by atoms with E-state index in [1.54, 1.807) is 14.0 Å². The zero-order chi connectivity index (χ0) is 33.4. The van der Waals surface area contributed by atoms with Crippen LogP contribution in [-0.2, 0) is 30.5 Å². The third-order valence-electron chi connectivity index (χ3n) is 8.30. The molecule has 1 aliphatic rings. The Morgan fingerprint density at radius 2 is 1.33 bits per heavy atom. The minimum atomic E-state index is -0.934. The molecule has 0 aliphatic heterocycles. The second-order valence-electron chi connectivity index (χ2n) is 12.6. The summed E-state index contributed by atoms with van der Waals surface area (Å²) >= 11 is 0. The molecule has 0 radical (unpaired) electrons. The molecule has 244 valence electrons. The lowest BCUT2D eigenvalue weighted by molar-refractivity contribution is -0.149. The van der Waals surface area contributed by atoms with Crippen molar-refractivity contribution in [1.29, 1.82) is 0 Å². The molecule has 0 spiro atoms. The third-order valence-corrected chi connectivity index (χ3v) is 8.30. The van der Waals surface area contributed by atoms with Gasteiger partial charge < -0.3 is 25.0 Å². The van der Waals surface area contributed by atoms with Crippen molar-refractivity contribution >= 4 is 23.9 Å². The van der Waals surface area contributed by atoms with Crippen LogP contribution in [0.15, 0.2) is 78.9 Å². The molecule has 0 unspecified atom stereocenters. The molecule has 3 aromatic rings. The molecule has 9 heteroatoms. The van der Waals surface area contributed by atoms with Gasteiger partial charge in [-0.3, -0.25) is 9.59 Å². The minimum absolute atomic E-state index is 0.0685. The highest BCUT2D eigenvalue weighted by Crippen LogP contribution is 2.44. The molecular weight excluding hydrogens is 582 g/mol. The molecule has 3 aromatic carbocycles. The van der Waals surface area contributed by atoms with E-state index >= 15 is 0 Å². The van der Waals surface area contributed by atoms with E-state index in [9.17, 15) is 19.2 Å². The summed E-state index contributed by atoms with van der Waals surface area (Å²) in [5.41, 5.74) is 5.26. The predicted octanol–water partition coefficient (Wildman–Crippen LogP) is 5.67. The maximum Gasteiger partial charge on any atom is 0.407 e. The predicted molar refractivity (Wildman–Crippen MR) is 177 cm³/mol. The zero-order valence-corrected chi connectivity index (χ0v) is 27.5. The van der Waals surface area contributed by atoms with E-state index in [0.29, 0.717) is 6.42 Å². The monoisotopic (exact) mass is 627 g/mol. The molecule has 0 fully saturated rings. The van der Waals surface area contributed by atoms with Gasteiger partial charge in [-0.1, -0.05) is 107 Å². The van der Waals surface area contributed by atoms with Gasteiger partial charge >= 0.3 is 12.1 Å². The Balaban J connectivity index is 1.38. The van der Waals surface area contributed by atoms with Crippen molar-refractivity contribution in [2.45, 2.75) is 71.7 Å². The van der Waals surface area contributed by atoms with Crippen LogP contribution in [0.2, 0.25) is 0 Å². The number of amides is 3. The summed E-state index contributed by atoms with van der Waals surface area (Å²) in [5, 5.41) is 5.46. The van der Waals surface area contributed by atoms with Gasteiger partial charge in [-0.2, -0.15) is 0 Å². The van der Waals surface area contributed by atoms with Gasteiger partial charge in [-0.25, -0.2) is 9.59 Å². The van der Waals surface area contributed by atoms with Gasteiger partial charge in [0, 0.05) is 13.0 Å². The van der Waals surface area contributed by atoms with Crippen LogP contribution < -0.4 is 10.6 Å². The fraction of sp³-hybridized carbons (Fsp3) is 0.405. The molecule has 2 N–H and O–H groups in total. The lowest BCUT2D eigenvalue weighted by Crippen LogP contribution is -2.57. The van der Waals surface area contributed by atoms with Gasteiger partial charge in [0.1, 0.15) is 31.3 Å². The SMILES string of the molecule is CC(C)C[C@@H](C(=O)N[C@@H](C)C(=O)OCc1ccccc1)N(C)C(=O)[C@@H](NC(=O)OCC1c2ccccc2-c2ccccc21)C(C)C. The second kappa shape index (κ2) is 15.6. The van der Waals surface area contributed by atoms with Gasteiger partial charge in [0.2, 0.25) is 11.8 Å². The number of hydrogen-bond donors (Lipinski definition) is 2. The number of esters is 1. The van der Waals surface area contributed by atoms with Crippen molar-refractivity contribution in [3.05, 3.63) is 95.6 Å². The number of carbonyl (C=O) groups excluding carboxylic acids is 4. The quantitative estimate of drug-likeness (QED) is 0.236. The number of hydrogen-bond acceptors (Lipinski definition) is 6. The molecular formula is C37H45N3O6. The highest BCUT2D eigenvalue weighted by Gasteiger charge is 2.36. The standard InChI is InChI=1S/C37H45N3O6/c1-23(2)20-32(34(41)38-25(5)36(43)45-21-26-14-8-7-9-15-26)40(6)35(42)33(24(3)4)39-37(44)46-22-31-29-18-12-10-16-27(29)28-17-11-13-19-30(28)31/h7-19,23-25,31-33H,20-22H2,1-6H3,(H,38,41)(H,39,44)/t25-,32-,33-/m0/s1. The molecule has 0 aromatic heterocycles. The molecule has 0 bridgehead atoms. The Bertz CT molecular complexity index is 1480. The highest BCUT2D eigenvalue weighted by atomic mass is 16.5. The Morgan fingerprint density at radius 1 is 0.761 bits per heavy atom. The van der Waals surface area contributed by atoms with E-state index in [-0.39, 0.29) is 31.0 Å². The molecule has 0 saturated heterocycles. The number of nitrogens with zero attached hydrogens (tertiary/aromatic N) is 1. The smallest absolute Gasteiger partial charge is 0.407 e. The number of fused-ring (bicyclic) bond motifs is 3. The van der Waals surface area contributed by atoms with E-state index in [2.05, 4.69) is 22.8 Å². The third kappa shape index (κ3) is 8.33. The largest absolute Gasteiger partial charge is 0.459 e. The van der Waals surface area contributed by atoms with Crippen LogP contribution in [0, 0.1) is 11.8 Å². The van der Waals surface area contributed by atoms with Crippen molar-refractivity contribution in [1.82, 2.24) is 15.5 Å². The van der Waals surface area contributed by atoms with Gasteiger partial charge in [0.15, 0.2) is 0 Å². The average Bonchev–Trinajstić information content (AvgIpc) is 3.37. The number of nitrogens with one attached hydrogen (secondary N) is 2.